The van der Waals surface area contributed by atoms with Gasteiger partial charge in [-0.15, -0.1) is 0 Å². The van der Waals surface area contributed by atoms with Crippen molar-refractivity contribution >= 4 is 68.3 Å². The number of aromatic nitrogens is 6. The molecule has 0 radical (unpaired) electrons. The van der Waals surface area contributed by atoms with Gasteiger partial charge >= 0.3 is 0 Å². The Morgan fingerprint density at radius 1 is 0.843 bits per heavy atom. The van der Waals surface area contributed by atoms with E-state index in [9.17, 15) is 9.59 Å². The second-order valence-corrected chi connectivity index (χ2v) is 13.3. The van der Waals surface area contributed by atoms with Crippen molar-refractivity contribution in [1.82, 2.24) is 34.8 Å². The number of imidazole rings is 1. The molecule has 51 heavy (non-hydrogen) atoms. The number of aryl methyl sites for hydroxylation is 4. The number of nitrogens with one attached hydrogen (secondary N) is 3. The fourth-order valence-electron chi connectivity index (χ4n) is 7.04. The lowest BCUT2D eigenvalue weighted by atomic mass is 9.98. The minimum atomic E-state index is -0.374. The fraction of sp³-hybridized carbons (Fsp3) is 0.293. The number of hydrogen-bond donors (Lipinski definition) is 4. The normalized spacial score (nSPS) is 12.8. The quantitative estimate of drug-likeness (QED) is 0.113. The lowest BCUT2D eigenvalue weighted by Crippen LogP contribution is -2.24. The Kier molecular flexibility index (Phi) is 10.0. The molecule has 0 fully saturated rings. The van der Waals surface area contributed by atoms with Crippen molar-refractivity contribution in [2.45, 2.75) is 73.3 Å². The third-order valence-corrected chi connectivity index (χ3v) is 10.2. The summed E-state index contributed by atoms with van der Waals surface area (Å²) in [6, 6.07) is 6.19. The van der Waals surface area contributed by atoms with Crippen LogP contribution >= 0.6 is 0 Å². The number of nitrogens with two attached hydrogens (primary N) is 1. The summed E-state index contributed by atoms with van der Waals surface area (Å²) >= 11 is 0. The van der Waals surface area contributed by atoms with Crippen LogP contribution in [0, 0.1) is 13.8 Å². The number of rotatable bonds is 12. The van der Waals surface area contributed by atoms with Gasteiger partial charge in [0.05, 0.1) is 29.1 Å². The number of primary amides is 1. The molecular weight excluding hydrogens is 637 g/mol. The number of carbonyl (C=O) groups is 2. The van der Waals surface area contributed by atoms with Gasteiger partial charge in [-0.3, -0.25) is 9.59 Å². The number of amides is 2. The molecule has 0 atom stereocenters. The SMILES string of the molecule is C=Cc1c(C)c2cc3[nH]c(c(C)c3C=C)c(CCC(N)=O)c3nc(cc4nc(cc1[nH]2)C(C)=C4CCC(=O)NCCCn1ccnc1)C(C)=C3C. The highest BCUT2D eigenvalue weighted by atomic mass is 16.1. The van der Waals surface area contributed by atoms with Crippen molar-refractivity contribution in [3.63, 3.8) is 0 Å². The van der Waals surface area contributed by atoms with Gasteiger partial charge < -0.3 is 25.6 Å². The van der Waals surface area contributed by atoms with E-state index in [1.807, 2.05) is 29.0 Å². The molecule has 0 saturated carbocycles. The summed E-state index contributed by atoms with van der Waals surface area (Å²) in [6.45, 7) is 20.0. The van der Waals surface area contributed by atoms with Gasteiger partial charge in [-0.2, -0.15) is 0 Å². The van der Waals surface area contributed by atoms with Gasteiger partial charge in [-0.05, 0) is 105 Å². The zero-order chi connectivity index (χ0) is 36.4. The number of H-pyrrole nitrogens is 2. The number of nitrogens with zero attached hydrogens (tertiary/aromatic N) is 4. The number of fused-ring (bicyclic) bond motifs is 8. The predicted octanol–water partition coefficient (Wildman–Crippen LogP) is 7.70. The Morgan fingerprint density at radius 3 is 2.27 bits per heavy atom. The summed E-state index contributed by atoms with van der Waals surface area (Å²) in [5.41, 5.74) is 21.5. The van der Waals surface area contributed by atoms with Gasteiger partial charge in [0.2, 0.25) is 11.8 Å². The Balaban J connectivity index is 1.52. The van der Waals surface area contributed by atoms with E-state index >= 15 is 0 Å². The zero-order valence-electron chi connectivity index (χ0n) is 30.2. The highest BCUT2D eigenvalue weighted by molar-refractivity contribution is 5.97. The first-order chi connectivity index (χ1) is 24.5. The molecule has 0 unspecified atom stereocenters. The molecule has 4 aromatic rings. The van der Waals surface area contributed by atoms with Crippen molar-refractivity contribution in [1.29, 1.82) is 0 Å². The Bertz CT molecular complexity index is 2300. The Morgan fingerprint density at radius 2 is 1.57 bits per heavy atom. The van der Waals surface area contributed by atoms with Gasteiger partial charge in [-0.25, -0.2) is 15.0 Å². The molecule has 5 N–H and O–H groups in total. The first kappa shape index (κ1) is 35.1. The molecule has 0 aromatic carbocycles. The summed E-state index contributed by atoms with van der Waals surface area (Å²) in [6.07, 6.45) is 11.5. The van der Waals surface area contributed by atoms with E-state index in [0.717, 1.165) is 108 Å². The maximum absolute atomic E-state index is 13.0. The molecule has 2 amide bonds. The third-order valence-electron chi connectivity index (χ3n) is 10.2. The monoisotopic (exact) mass is 682 g/mol. The second-order valence-electron chi connectivity index (χ2n) is 13.3. The molecule has 10 heteroatoms. The number of aromatic amines is 2. The van der Waals surface area contributed by atoms with Crippen molar-refractivity contribution in [3.8, 4) is 0 Å². The van der Waals surface area contributed by atoms with E-state index < -0.39 is 0 Å². The minimum Gasteiger partial charge on any atom is -0.370 e. The summed E-state index contributed by atoms with van der Waals surface area (Å²) < 4.78 is 2.00. The van der Waals surface area contributed by atoms with E-state index in [4.69, 9.17) is 15.7 Å². The number of hydrogen-bond acceptors (Lipinski definition) is 5. The highest BCUT2D eigenvalue weighted by Crippen LogP contribution is 2.38. The standard InChI is InChI=1S/C41H46N8O2/c1-8-28-25(5)33-21-36-29(9-2)27(7)41(48-36)31(11-13-38(42)50)40-24(4)23(3)32(47-40)19-37-30(26(6)34(46-37)20-35(28)45-33)12-14-39(51)44-15-10-17-49-18-16-43-22-49/h8-9,16,18-22,45,48H,1-2,10-15,17H2,3-7H3,(H2,42,50)(H,44,51). The largest absolute Gasteiger partial charge is 0.370 e. The van der Waals surface area contributed by atoms with E-state index in [1.54, 1.807) is 12.5 Å². The maximum Gasteiger partial charge on any atom is 0.220 e. The lowest BCUT2D eigenvalue weighted by Gasteiger charge is -2.07. The van der Waals surface area contributed by atoms with Crippen LogP contribution in [0.15, 0.2) is 50.1 Å². The summed E-state index contributed by atoms with van der Waals surface area (Å²) in [5.74, 6) is -0.375. The van der Waals surface area contributed by atoms with Gasteiger partial charge in [0.1, 0.15) is 0 Å². The maximum atomic E-state index is 13.0. The van der Waals surface area contributed by atoms with Gasteiger partial charge in [0.25, 0.3) is 0 Å². The fourth-order valence-corrected chi connectivity index (χ4v) is 7.04. The molecule has 6 heterocycles. The van der Waals surface area contributed by atoms with E-state index in [0.29, 0.717) is 25.8 Å². The van der Waals surface area contributed by atoms with Crippen LogP contribution in [0.25, 0.3) is 56.5 Å². The van der Waals surface area contributed by atoms with Crippen LogP contribution in [0.3, 0.4) is 0 Å². The lowest BCUT2D eigenvalue weighted by molar-refractivity contribution is -0.121. The first-order valence-corrected chi connectivity index (χ1v) is 17.4. The van der Waals surface area contributed by atoms with Crippen LogP contribution in [-0.4, -0.2) is 47.8 Å². The van der Waals surface area contributed by atoms with Crippen LogP contribution in [0.2, 0.25) is 0 Å². The van der Waals surface area contributed by atoms with E-state index in [1.165, 1.54) is 0 Å². The number of allylic oxidation sites excluding steroid dienone is 4. The molecule has 262 valence electrons. The van der Waals surface area contributed by atoms with Gasteiger partial charge in [-0.1, -0.05) is 25.3 Å². The van der Waals surface area contributed by atoms with Crippen LogP contribution < -0.4 is 11.1 Å². The van der Waals surface area contributed by atoms with Crippen molar-refractivity contribution < 1.29 is 9.59 Å². The third kappa shape index (κ3) is 6.99. The average Bonchev–Trinajstić information content (AvgIpc) is 3.90. The zero-order valence-corrected chi connectivity index (χ0v) is 30.2. The molecule has 0 saturated heterocycles. The molecular formula is C41H46N8O2. The first-order valence-electron chi connectivity index (χ1n) is 17.4. The van der Waals surface area contributed by atoms with E-state index in [2.05, 4.69) is 80.2 Å². The van der Waals surface area contributed by atoms with Gasteiger partial charge in [0.15, 0.2) is 0 Å². The highest BCUT2D eigenvalue weighted by Gasteiger charge is 2.23. The molecule has 2 aliphatic rings. The van der Waals surface area contributed by atoms with E-state index in [-0.39, 0.29) is 18.2 Å². The molecule has 10 nitrogen and oxygen atoms in total. The molecule has 8 bridgehead atoms. The Labute approximate surface area is 298 Å². The van der Waals surface area contributed by atoms with Crippen LogP contribution in [0.5, 0.6) is 0 Å². The predicted molar refractivity (Wildman–Crippen MR) is 208 cm³/mol. The molecule has 6 rings (SSSR count). The van der Waals surface area contributed by atoms with Crippen molar-refractivity contribution in [2.24, 2.45) is 5.73 Å². The van der Waals surface area contributed by atoms with Gasteiger partial charge in [0, 0.05) is 77.1 Å². The van der Waals surface area contributed by atoms with Crippen molar-refractivity contribution in [2.75, 3.05) is 6.54 Å². The molecule has 0 spiro atoms. The summed E-state index contributed by atoms with van der Waals surface area (Å²) in [7, 11) is 0. The van der Waals surface area contributed by atoms with Crippen molar-refractivity contribution in [3.05, 3.63) is 101 Å². The topological polar surface area (TPSA) is 147 Å². The number of carbonyl (C=O) groups excluding carboxylic acids is 2. The summed E-state index contributed by atoms with van der Waals surface area (Å²) in [5, 5.41) is 3.07. The van der Waals surface area contributed by atoms with Crippen LogP contribution in [0.1, 0.15) is 97.0 Å². The molecule has 2 aliphatic heterocycles. The Hall–Kier alpha value is -5.77. The molecule has 4 aromatic heterocycles. The second kappa shape index (κ2) is 14.6. The molecule has 0 aliphatic carbocycles. The average molecular weight is 683 g/mol. The van der Waals surface area contributed by atoms with Crippen LogP contribution in [0.4, 0.5) is 0 Å². The smallest absolute Gasteiger partial charge is 0.220 e. The minimum absolute atomic E-state index is 0.000877. The van der Waals surface area contributed by atoms with Crippen LogP contribution in [-0.2, 0) is 22.6 Å². The summed E-state index contributed by atoms with van der Waals surface area (Å²) in [4.78, 5) is 46.8.